The van der Waals surface area contributed by atoms with Gasteiger partial charge in [0, 0.05) is 20.6 Å². The van der Waals surface area contributed by atoms with Gasteiger partial charge in [-0.15, -0.1) is 24.8 Å². The number of rotatable bonds is 3. The summed E-state index contributed by atoms with van der Waals surface area (Å²) in [5, 5.41) is 1.95. The quantitative estimate of drug-likeness (QED) is 0.789. The van der Waals surface area contributed by atoms with Crippen LogP contribution in [-0.2, 0) is 6.54 Å². The Bertz CT molecular complexity index is 202. The molecule has 1 aromatic rings. The van der Waals surface area contributed by atoms with Crippen LogP contribution < -0.4 is 5.43 Å². The van der Waals surface area contributed by atoms with E-state index in [1.807, 2.05) is 37.3 Å². The fourth-order valence-electron chi connectivity index (χ4n) is 0.845. The van der Waals surface area contributed by atoms with Gasteiger partial charge in [-0.05, 0) is 5.56 Å². The summed E-state index contributed by atoms with van der Waals surface area (Å²) < 4.78 is 0. The van der Waals surface area contributed by atoms with Crippen LogP contribution in [0.3, 0.4) is 0 Å². The minimum Gasteiger partial charge on any atom is -0.251 e. The summed E-state index contributed by atoms with van der Waals surface area (Å²) in [6.07, 6.45) is 0. The Morgan fingerprint density at radius 2 is 1.62 bits per heavy atom. The first-order chi connectivity index (χ1) is 5.29. The standard InChI is InChI=1S/C9H14N2.2ClH/c1-11(2)10-8-9-6-4-3-5-7-9;;/h3-7,10H,8H2,1-2H3;2*1H. The van der Waals surface area contributed by atoms with Gasteiger partial charge in [0.2, 0.25) is 0 Å². The van der Waals surface area contributed by atoms with Gasteiger partial charge >= 0.3 is 0 Å². The van der Waals surface area contributed by atoms with Gasteiger partial charge in [0.1, 0.15) is 0 Å². The monoisotopic (exact) mass is 222 g/mol. The average molecular weight is 223 g/mol. The molecule has 4 heteroatoms. The third-order valence-corrected chi connectivity index (χ3v) is 1.44. The summed E-state index contributed by atoms with van der Waals surface area (Å²) in [5.74, 6) is 0. The van der Waals surface area contributed by atoms with Crippen molar-refractivity contribution in [2.45, 2.75) is 6.54 Å². The van der Waals surface area contributed by atoms with E-state index in [2.05, 4.69) is 17.6 Å². The van der Waals surface area contributed by atoms with E-state index < -0.39 is 0 Å². The summed E-state index contributed by atoms with van der Waals surface area (Å²) in [7, 11) is 3.98. The maximum absolute atomic E-state index is 3.20. The number of benzene rings is 1. The Morgan fingerprint density at radius 3 is 2.08 bits per heavy atom. The van der Waals surface area contributed by atoms with Crippen molar-refractivity contribution in [2.24, 2.45) is 0 Å². The molecule has 0 saturated heterocycles. The minimum absolute atomic E-state index is 0. The van der Waals surface area contributed by atoms with Crippen LogP contribution in [0.4, 0.5) is 0 Å². The molecule has 0 saturated carbocycles. The third-order valence-electron chi connectivity index (χ3n) is 1.44. The van der Waals surface area contributed by atoms with Gasteiger partial charge in [-0.1, -0.05) is 30.3 Å². The zero-order valence-corrected chi connectivity index (χ0v) is 9.49. The molecule has 0 amide bonds. The topological polar surface area (TPSA) is 15.3 Å². The zero-order valence-electron chi connectivity index (χ0n) is 7.86. The normalized spacial score (nSPS) is 8.85. The van der Waals surface area contributed by atoms with Crippen molar-refractivity contribution in [3.05, 3.63) is 35.9 Å². The molecule has 0 radical (unpaired) electrons. The van der Waals surface area contributed by atoms with Crippen molar-refractivity contribution < 1.29 is 0 Å². The van der Waals surface area contributed by atoms with Crippen LogP contribution in [0.1, 0.15) is 5.56 Å². The molecule has 0 aliphatic carbocycles. The van der Waals surface area contributed by atoms with E-state index in [4.69, 9.17) is 0 Å². The number of hydrogen-bond acceptors (Lipinski definition) is 2. The SMILES string of the molecule is CN(C)NCc1ccccc1.Cl.Cl. The predicted octanol–water partition coefficient (Wildman–Crippen LogP) is 2.10. The molecular weight excluding hydrogens is 207 g/mol. The first-order valence-corrected chi connectivity index (χ1v) is 3.74. The molecule has 0 unspecified atom stereocenters. The highest BCUT2D eigenvalue weighted by molar-refractivity contribution is 5.85. The molecule has 0 aliphatic heterocycles. The molecule has 0 heterocycles. The van der Waals surface area contributed by atoms with E-state index in [9.17, 15) is 0 Å². The Hall–Kier alpha value is -0.280. The molecule has 2 nitrogen and oxygen atoms in total. The summed E-state index contributed by atoms with van der Waals surface area (Å²) in [4.78, 5) is 0. The average Bonchev–Trinajstić information content (AvgIpc) is 2.03. The van der Waals surface area contributed by atoms with Crippen LogP contribution in [-0.4, -0.2) is 19.1 Å². The Labute approximate surface area is 92.1 Å². The Morgan fingerprint density at radius 1 is 1.08 bits per heavy atom. The molecule has 1 aromatic carbocycles. The van der Waals surface area contributed by atoms with Gasteiger partial charge < -0.3 is 0 Å². The van der Waals surface area contributed by atoms with Gasteiger partial charge in [0.15, 0.2) is 0 Å². The maximum atomic E-state index is 3.20. The maximum Gasteiger partial charge on any atom is 0.0353 e. The van der Waals surface area contributed by atoms with E-state index in [0.29, 0.717) is 0 Å². The number of nitrogens with zero attached hydrogens (tertiary/aromatic N) is 1. The largest absolute Gasteiger partial charge is 0.251 e. The molecule has 0 atom stereocenters. The van der Waals surface area contributed by atoms with Crippen molar-refractivity contribution in [1.82, 2.24) is 10.4 Å². The summed E-state index contributed by atoms with van der Waals surface area (Å²) in [6.45, 7) is 0.897. The van der Waals surface area contributed by atoms with Crippen molar-refractivity contribution >= 4 is 24.8 Å². The molecule has 0 aliphatic rings. The van der Waals surface area contributed by atoms with Gasteiger partial charge in [0.25, 0.3) is 0 Å². The highest BCUT2D eigenvalue weighted by Crippen LogP contribution is 1.96. The van der Waals surface area contributed by atoms with E-state index >= 15 is 0 Å². The first-order valence-electron chi connectivity index (χ1n) is 3.74. The van der Waals surface area contributed by atoms with Crippen LogP contribution in [0, 0.1) is 0 Å². The Kier molecular flexibility index (Phi) is 9.74. The number of halogens is 2. The van der Waals surface area contributed by atoms with Gasteiger partial charge in [0.05, 0.1) is 0 Å². The lowest BCUT2D eigenvalue weighted by atomic mass is 10.2. The van der Waals surface area contributed by atoms with E-state index in [0.717, 1.165) is 6.54 Å². The fraction of sp³-hybridized carbons (Fsp3) is 0.333. The smallest absolute Gasteiger partial charge is 0.0353 e. The zero-order chi connectivity index (χ0) is 8.10. The van der Waals surface area contributed by atoms with Crippen molar-refractivity contribution in [2.75, 3.05) is 14.1 Å². The third kappa shape index (κ3) is 6.84. The molecule has 1 rings (SSSR count). The first kappa shape index (κ1) is 15.2. The highest BCUT2D eigenvalue weighted by Gasteiger charge is 1.89. The van der Waals surface area contributed by atoms with E-state index in [1.165, 1.54) is 5.56 Å². The molecule has 1 N–H and O–H groups in total. The fourth-order valence-corrected chi connectivity index (χ4v) is 0.845. The van der Waals surface area contributed by atoms with Gasteiger partial charge in [-0.25, -0.2) is 0 Å². The lowest BCUT2D eigenvalue weighted by Crippen LogP contribution is -2.29. The second-order valence-corrected chi connectivity index (χ2v) is 2.71. The lowest BCUT2D eigenvalue weighted by Gasteiger charge is -2.11. The second-order valence-electron chi connectivity index (χ2n) is 2.71. The van der Waals surface area contributed by atoms with Gasteiger partial charge in [-0.3, -0.25) is 10.4 Å². The van der Waals surface area contributed by atoms with Gasteiger partial charge in [-0.2, -0.15) is 0 Å². The summed E-state index contributed by atoms with van der Waals surface area (Å²) >= 11 is 0. The lowest BCUT2D eigenvalue weighted by molar-refractivity contribution is 0.286. The predicted molar refractivity (Wildman–Crippen MR) is 61.5 cm³/mol. The molecule has 0 spiro atoms. The molecule has 0 fully saturated rings. The van der Waals surface area contributed by atoms with Crippen molar-refractivity contribution in [1.29, 1.82) is 0 Å². The summed E-state index contributed by atoms with van der Waals surface area (Å²) in [5.41, 5.74) is 4.50. The van der Waals surface area contributed by atoms with Crippen LogP contribution >= 0.6 is 24.8 Å². The van der Waals surface area contributed by atoms with E-state index in [-0.39, 0.29) is 24.8 Å². The molecule has 13 heavy (non-hydrogen) atoms. The summed E-state index contributed by atoms with van der Waals surface area (Å²) in [6, 6.07) is 10.3. The highest BCUT2D eigenvalue weighted by atomic mass is 35.5. The molecule has 76 valence electrons. The van der Waals surface area contributed by atoms with Crippen molar-refractivity contribution in [3.8, 4) is 0 Å². The van der Waals surface area contributed by atoms with E-state index in [1.54, 1.807) is 0 Å². The van der Waals surface area contributed by atoms with Crippen molar-refractivity contribution in [3.63, 3.8) is 0 Å². The minimum atomic E-state index is 0. The number of nitrogens with one attached hydrogen (secondary N) is 1. The van der Waals surface area contributed by atoms with Crippen LogP contribution in [0.15, 0.2) is 30.3 Å². The molecule has 0 aromatic heterocycles. The number of hydrogen-bond donors (Lipinski definition) is 1. The Balaban J connectivity index is 0. The van der Waals surface area contributed by atoms with Crippen LogP contribution in [0.25, 0.3) is 0 Å². The second kappa shape index (κ2) is 8.32. The number of hydrazine groups is 1. The van der Waals surface area contributed by atoms with Crippen LogP contribution in [0.2, 0.25) is 0 Å². The molecular formula is C9H16Cl2N2. The molecule has 0 bridgehead atoms. The van der Waals surface area contributed by atoms with Crippen LogP contribution in [0.5, 0.6) is 0 Å².